The summed E-state index contributed by atoms with van der Waals surface area (Å²) in [6, 6.07) is 10.8. The van der Waals surface area contributed by atoms with Gasteiger partial charge in [-0.1, -0.05) is 30.2 Å². The van der Waals surface area contributed by atoms with Crippen LogP contribution in [-0.4, -0.2) is 41.7 Å². The zero-order valence-electron chi connectivity index (χ0n) is 17.4. The van der Waals surface area contributed by atoms with Crippen LogP contribution in [0.1, 0.15) is 48.5 Å². The lowest BCUT2D eigenvalue weighted by atomic mass is 10.2. The minimum atomic E-state index is -3.74. The molecule has 0 bridgehead atoms. The summed E-state index contributed by atoms with van der Waals surface area (Å²) in [6.07, 6.45) is 1.71. The average Bonchev–Trinajstić information content (AvgIpc) is 2.79. The molecule has 168 valence electrons. The topological polar surface area (TPSA) is 109 Å². The number of benzene rings is 2. The fraction of sp³-hybridized carbons (Fsp3) is 0.318. The molecule has 0 spiro atoms. The van der Waals surface area contributed by atoms with E-state index in [1.807, 2.05) is 0 Å². The highest BCUT2D eigenvalue weighted by molar-refractivity contribution is 7.89. The van der Waals surface area contributed by atoms with E-state index in [1.54, 1.807) is 31.2 Å². The van der Waals surface area contributed by atoms with Gasteiger partial charge in [-0.25, -0.2) is 18.2 Å². The van der Waals surface area contributed by atoms with Crippen molar-refractivity contribution in [1.29, 1.82) is 0 Å². The van der Waals surface area contributed by atoms with Crippen LogP contribution in [0, 0.1) is 0 Å². The zero-order valence-corrected chi connectivity index (χ0v) is 18.9. The number of aromatic nitrogens is 2. The van der Waals surface area contributed by atoms with Gasteiger partial charge < -0.3 is 9.72 Å². The van der Waals surface area contributed by atoms with E-state index >= 15 is 0 Å². The third-order valence-corrected chi connectivity index (χ3v) is 7.63. The first-order valence-electron chi connectivity index (χ1n) is 10.3. The Kier molecular flexibility index (Phi) is 6.32. The Bertz CT molecular complexity index is 1330. The number of aromatic amines is 1. The zero-order chi connectivity index (χ0) is 22.9. The van der Waals surface area contributed by atoms with Crippen molar-refractivity contribution in [2.75, 3.05) is 13.1 Å². The predicted molar refractivity (Wildman–Crippen MR) is 120 cm³/mol. The lowest BCUT2D eigenvalue weighted by Crippen LogP contribution is -2.35. The molecular weight excluding hydrogens is 454 g/mol. The van der Waals surface area contributed by atoms with Crippen LogP contribution in [0.15, 0.2) is 52.2 Å². The summed E-state index contributed by atoms with van der Waals surface area (Å²) in [4.78, 5) is 32.1. The second-order valence-electron chi connectivity index (χ2n) is 7.62. The number of rotatable bonds is 5. The Balaban J connectivity index is 1.59. The van der Waals surface area contributed by atoms with Crippen LogP contribution in [0.4, 0.5) is 0 Å². The van der Waals surface area contributed by atoms with Crippen molar-refractivity contribution in [1.82, 2.24) is 14.3 Å². The van der Waals surface area contributed by atoms with E-state index in [-0.39, 0.29) is 26.9 Å². The lowest BCUT2D eigenvalue weighted by Gasteiger charge is -2.26. The first-order chi connectivity index (χ1) is 15.3. The van der Waals surface area contributed by atoms with Crippen LogP contribution < -0.4 is 5.56 Å². The maximum absolute atomic E-state index is 13.0. The normalized spacial score (nSPS) is 16.1. The number of para-hydroxylation sites is 1. The van der Waals surface area contributed by atoms with Crippen LogP contribution in [0.3, 0.4) is 0 Å². The van der Waals surface area contributed by atoms with Gasteiger partial charge >= 0.3 is 5.97 Å². The second kappa shape index (κ2) is 9.01. The summed E-state index contributed by atoms with van der Waals surface area (Å²) >= 11 is 6.18. The van der Waals surface area contributed by atoms with Gasteiger partial charge in [-0.05, 0) is 50.1 Å². The molecule has 3 aromatic rings. The van der Waals surface area contributed by atoms with Gasteiger partial charge in [0.25, 0.3) is 5.56 Å². The van der Waals surface area contributed by atoms with Crippen molar-refractivity contribution in [2.24, 2.45) is 0 Å². The van der Waals surface area contributed by atoms with Crippen molar-refractivity contribution < 1.29 is 17.9 Å². The molecule has 2 aromatic carbocycles. The summed E-state index contributed by atoms with van der Waals surface area (Å²) in [5.41, 5.74) is 0.0581. The largest absolute Gasteiger partial charge is 0.451 e. The molecule has 32 heavy (non-hydrogen) atoms. The molecule has 1 aromatic heterocycles. The average molecular weight is 476 g/mol. The maximum atomic E-state index is 13.0. The van der Waals surface area contributed by atoms with Crippen molar-refractivity contribution >= 4 is 38.5 Å². The molecule has 1 saturated heterocycles. The highest BCUT2D eigenvalue weighted by atomic mass is 35.5. The molecule has 0 radical (unpaired) electrons. The Morgan fingerprint density at radius 1 is 1.16 bits per heavy atom. The van der Waals surface area contributed by atoms with Crippen molar-refractivity contribution in [2.45, 2.75) is 37.2 Å². The van der Waals surface area contributed by atoms with Gasteiger partial charge in [0.15, 0.2) is 11.9 Å². The number of sulfonamides is 1. The summed E-state index contributed by atoms with van der Waals surface area (Å²) < 4.78 is 32.8. The minimum Gasteiger partial charge on any atom is -0.451 e. The van der Waals surface area contributed by atoms with Gasteiger partial charge in [-0.2, -0.15) is 4.31 Å². The van der Waals surface area contributed by atoms with Crippen LogP contribution >= 0.6 is 11.6 Å². The van der Waals surface area contributed by atoms with Gasteiger partial charge in [0.2, 0.25) is 10.0 Å². The smallest absolute Gasteiger partial charge is 0.340 e. The monoisotopic (exact) mass is 475 g/mol. The van der Waals surface area contributed by atoms with E-state index in [2.05, 4.69) is 9.97 Å². The first kappa shape index (κ1) is 22.4. The molecule has 1 N–H and O–H groups in total. The fourth-order valence-electron chi connectivity index (χ4n) is 3.65. The molecule has 1 aliphatic rings. The van der Waals surface area contributed by atoms with Crippen LogP contribution in [-0.2, 0) is 14.8 Å². The summed E-state index contributed by atoms with van der Waals surface area (Å²) in [5.74, 6) is -0.635. The minimum absolute atomic E-state index is 0.0133. The number of H-pyrrole nitrogens is 1. The number of nitrogens with zero attached hydrogens (tertiary/aromatic N) is 2. The lowest BCUT2D eigenvalue weighted by molar-refractivity contribution is 0.0320. The Labute approximate surface area is 190 Å². The number of nitrogens with one attached hydrogen (secondary N) is 1. The molecule has 8 nitrogen and oxygen atoms in total. The van der Waals surface area contributed by atoms with Crippen molar-refractivity contribution in [3.63, 3.8) is 0 Å². The number of carbonyl (C=O) groups is 1. The molecular formula is C22H22ClN3O5S. The number of hydrogen-bond donors (Lipinski definition) is 1. The molecule has 0 amide bonds. The van der Waals surface area contributed by atoms with E-state index in [0.29, 0.717) is 24.0 Å². The number of hydrogen-bond acceptors (Lipinski definition) is 6. The van der Waals surface area contributed by atoms with Crippen LogP contribution in [0.5, 0.6) is 0 Å². The van der Waals surface area contributed by atoms with Crippen molar-refractivity contribution in [3.05, 3.63) is 69.2 Å². The molecule has 10 heteroatoms. The first-order valence-corrected chi connectivity index (χ1v) is 12.1. The highest BCUT2D eigenvalue weighted by Crippen LogP contribution is 2.27. The molecule has 2 heterocycles. The van der Waals surface area contributed by atoms with E-state index in [4.69, 9.17) is 16.3 Å². The highest BCUT2D eigenvalue weighted by Gasteiger charge is 2.28. The SMILES string of the molecule is CC(OC(=O)c1cc(S(=O)(=O)N2CCCCC2)ccc1Cl)c1nc2ccccc2c(=O)[nH]1. The quantitative estimate of drug-likeness (QED) is 0.564. The molecule has 4 rings (SSSR count). The third kappa shape index (κ3) is 4.41. The predicted octanol–water partition coefficient (Wildman–Crippen LogP) is 3.67. The van der Waals surface area contributed by atoms with E-state index in [9.17, 15) is 18.0 Å². The molecule has 0 aliphatic carbocycles. The standard InChI is InChI=1S/C22H22ClN3O5S/c1-14(20-24-19-8-4-3-7-16(19)21(27)25-20)31-22(28)17-13-15(9-10-18(17)23)32(29,30)26-11-5-2-6-12-26/h3-4,7-10,13-14H,2,5-6,11-12H2,1H3,(H,24,25,27). The Hall–Kier alpha value is -2.75. The number of piperidine rings is 1. The molecule has 1 unspecified atom stereocenters. The fourth-order valence-corrected chi connectivity index (χ4v) is 5.39. The number of fused-ring (bicyclic) bond motifs is 1. The van der Waals surface area contributed by atoms with Gasteiger partial charge in [0, 0.05) is 13.1 Å². The van der Waals surface area contributed by atoms with Crippen molar-refractivity contribution in [3.8, 4) is 0 Å². The number of esters is 1. The van der Waals surface area contributed by atoms with Crippen LogP contribution in [0.2, 0.25) is 5.02 Å². The second-order valence-corrected chi connectivity index (χ2v) is 9.97. The Morgan fingerprint density at radius 3 is 2.62 bits per heavy atom. The Morgan fingerprint density at radius 2 is 1.88 bits per heavy atom. The van der Waals surface area contributed by atoms with Crippen LogP contribution in [0.25, 0.3) is 10.9 Å². The van der Waals surface area contributed by atoms with E-state index in [1.165, 1.54) is 22.5 Å². The molecule has 1 aliphatic heterocycles. The molecule has 1 atom stereocenters. The number of ether oxygens (including phenoxy) is 1. The van der Waals surface area contributed by atoms with Gasteiger partial charge in [0.1, 0.15) is 0 Å². The molecule has 1 fully saturated rings. The summed E-state index contributed by atoms with van der Waals surface area (Å²) in [5, 5.41) is 0.494. The van der Waals surface area contributed by atoms with Gasteiger partial charge in [0.05, 0.1) is 26.4 Å². The molecule has 0 saturated carbocycles. The van der Waals surface area contributed by atoms with E-state index in [0.717, 1.165) is 19.3 Å². The van der Waals surface area contributed by atoms with Gasteiger partial charge in [-0.15, -0.1) is 0 Å². The van der Waals surface area contributed by atoms with E-state index < -0.39 is 22.1 Å². The van der Waals surface area contributed by atoms with Gasteiger partial charge in [-0.3, -0.25) is 4.79 Å². The maximum Gasteiger partial charge on any atom is 0.340 e. The number of carbonyl (C=O) groups excluding carboxylic acids is 1. The number of halogens is 1. The third-order valence-electron chi connectivity index (χ3n) is 5.41. The summed E-state index contributed by atoms with van der Waals surface area (Å²) in [7, 11) is -3.74. The summed E-state index contributed by atoms with van der Waals surface area (Å²) in [6.45, 7) is 2.46.